The van der Waals surface area contributed by atoms with Crippen LogP contribution in [0.15, 0.2) is 35.7 Å². The summed E-state index contributed by atoms with van der Waals surface area (Å²) in [5.41, 5.74) is 0.597. The Morgan fingerprint density at radius 2 is 1.77 bits per heavy atom. The summed E-state index contributed by atoms with van der Waals surface area (Å²) in [6.07, 6.45) is 0. The van der Waals surface area contributed by atoms with Crippen LogP contribution in [0.1, 0.15) is 20.0 Å². The van der Waals surface area contributed by atoms with Crippen molar-refractivity contribution in [1.29, 1.82) is 0 Å². The summed E-state index contributed by atoms with van der Waals surface area (Å²) in [6.45, 7) is 2.98. The molecule has 6 nitrogen and oxygen atoms in total. The fourth-order valence-corrected chi connectivity index (χ4v) is 3.66. The fraction of sp³-hybridized carbons (Fsp3) is 0.368. The molecule has 0 spiro atoms. The Morgan fingerprint density at radius 3 is 2.38 bits per heavy atom. The van der Waals surface area contributed by atoms with E-state index in [1.54, 1.807) is 32.4 Å². The first-order valence-electron chi connectivity index (χ1n) is 8.42. The third-order valence-corrected chi connectivity index (χ3v) is 5.32. The summed E-state index contributed by atoms with van der Waals surface area (Å²) in [4.78, 5) is 29.6. The lowest BCUT2D eigenvalue weighted by Crippen LogP contribution is -2.49. The zero-order valence-corrected chi connectivity index (χ0v) is 15.8. The first-order chi connectivity index (χ1) is 12.6. The Morgan fingerprint density at radius 1 is 1.04 bits per heavy atom. The molecule has 0 atom stereocenters. The molecule has 0 radical (unpaired) electrons. The van der Waals surface area contributed by atoms with Gasteiger partial charge < -0.3 is 14.4 Å². The van der Waals surface area contributed by atoms with Crippen LogP contribution in [0.3, 0.4) is 0 Å². The molecule has 0 unspecified atom stereocenters. The number of thiophene rings is 1. The molecule has 26 heavy (non-hydrogen) atoms. The normalized spacial score (nSPS) is 14.9. The highest BCUT2D eigenvalue weighted by atomic mass is 32.1. The van der Waals surface area contributed by atoms with E-state index in [1.807, 2.05) is 22.4 Å². The summed E-state index contributed by atoms with van der Waals surface area (Å²) in [7, 11) is 3.12. The number of piperazine rings is 1. The number of Topliss-reactive ketones (excluding diaryl/α,β-unsaturated/α-hetero) is 1. The van der Waals surface area contributed by atoms with Crippen LogP contribution in [-0.4, -0.2) is 68.4 Å². The minimum atomic E-state index is 0.0315. The monoisotopic (exact) mass is 374 g/mol. The first kappa shape index (κ1) is 18.4. The SMILES string of the molecule is COc1ccc(C(=O)CN2CCN(C(=O)c3cccs3)CC2)cc1OC. The number of hydrogen-bond acceptors (Lipinski definition) is 6. The number of ether oxygens (including phenoxy) is 2. The quantitative estimate of drug-likeness (QED) is 0.727. The van der Waals surface area contributed by atoms with Crippen molar-refractivity contribution in [2.45, 2.75) is 0 Å². The Bertz CT molecular complexity index is 768. The van der Waals surface area contributed by atoms with Gasteiger partial charge in [0.05, 0.1) is 25.6 Å². The lowest BCUT2D eigenvalue weighted by Gasteiger charge is -2.34. The van der Waals surface area contributed by atoms with E-state index < -0.39 is 0 Å². The van der Waals surface area contributed by atoms with Gasteiger partial charge in [0.15, 0.2) is 17.3 Å². The predicted octanol–water partition coefficient (Wildman–Crippen LogP) is 2.41. The number of carbonyl (C=O) groups is 2. The number of ketones is 1. The van der Waals surface area contributed by atoms with Crippen molar-refractivity contribution in [3.63, 3.8) is 0 Å². The number of carbonyl (C=O) groups excluding carboxylic acids is 2. The molecule has 1 aliphatic rings. The van der Waals surface area contributed by atoms with Crippen LogP contribution in [0.25, 0.3) is 0 Å². The van der Waals surface area contributed by atoms with E-state index in [-0.39, 0.29) is 11.7 Å². The molecule has 1 amide bonds. The van der Waals surface area contributed by atoms with Gasteiger partial charge in [-0.25, -0.2) is 0 Å². The van der Waals surface area contributed by atoms with Gasteiger partial charge in [-0.3, -0.25) is 14.5 Å². The van der Waals surface area contributed by atoms with E-state index in [1.165, 1.54) is 11.3 Å². The van der Waals surface area contributed by atoms with Gasteiger partial charge in [-0.1, -0.05) is 6.07 Å². The predicted molar refractivity (Wildman–Crippen MR) is 101 cm³/mol. The number of nitrogens with zero attached hydrogens (tertiary/aromatic N) is 2. The molecule has 138 valence electrons. The smallest absolute Gasteiger partial charge is 0.264 e. The van der Waals surface area contributed by atoms with Gasteiger partial charge in [0.2, 0.25) is 0 Å². The molecule has 2 heterocycles. The molecule has 0 saturated carbocycles. The molecule has 1 fully saturated rings. The number of amides is 1. The van der Waals surface area contributed by atoms with Crippen molar-refractivity contribution in [3.05, 3.63) is 46.2 Å². The first-order valence-corrected chi connectivity index (χ1v) is 9.30. The standard InChI is InChI=1S/C19H22N2O4S/c1-24-16-6-5-14(12-17(16)25-2)15(22)13-20-7-9-21(10-8-20)19(23)18-4-3-11-26-18/h3-6,11-12H,7-10,13H2,1-2H3. The number of methoxy groups -OCH3 is 2. The van der Waals surface area contributed by atoms with E-state index in [2.05, 4.69) is 4.90 Å². The minimum Gasteiger partial charge on any atom is -0.493 e. The van der Waals surface area contributed by atoms with Crippen molar-refractivity contribution >= 4 is 23.0 Å². The molecule has 1 aromatic heterocycles. The second-order valence-corrected chi connectivity index (χ2v) is 6.99. The van der Waals surface area contributed by atoms with E-state index in [0.717, 1.165) is 4.88 Å². The van der Waals surface area contributed by atoms with Gasteiger partial charge in [-0.05, 0) is 29.6 Å². The Balaban J connectivity index is 1.56. The Kier molecular flexibility index (Phi) is 5.90. The van der Waals surface area contributed by atoms with Crippen molar-refractivity contribution in [2.24, 2.45) is 0 Å². The van der Waals surface area contributed by atoms with Gasteiger partial charge in [0, 0.05) is 31.7 Å². The molecule has 7 heteroatoms. The summed E-state index contributed by atoms with van der Waals surface area (Å²) < 4.78 is 10.5. The number of benzene rings is 1. The molecule has 2 aromatic rings. The lowest BCUT2D eigenvalue weighted by molar-refractivity contribution is 0.0628. The maximum atomic E-state index is 12.6. The molecule has 0 N–H and O–H groups in total. The van der Waals surface area contributed by atoms with Gasteiger partial charge >= 0.3 is 0 Å². The fourth-order valence-electron chi connectivity index (χ4n) is 2.97. The molecule has 1 saturated heterocycles. The van der Waals surface area contributed by atoms with Crippen LogP contribution < -0.4 is 9.47 Å². The van der Waals surface area contributed by atoms with Gasteiger partial charge in [-0.2, -0.15) is 0 Å². The third kappa shape index (κ3) is 4.05. The average molecular weight is 374 g/mol. The summed E-state index contributed by atoms with van der Waals surface area (Å²) >= 11 is 1.46. The third-order valence-electron chi connectivity index (χ3n) is 4.46. The highest BCUT2D eigenvalue weighted by molar-refractivity contribution is 7.12. The highest BCUT2D eigenvalue weighted by Crippen LogP contribution is 2.27. The molecule has 1 aliphatic heterocycles. The van der Waals surface area contributed by atoms with Crippen molar-refractivity contribution in [1.82, 2.24) is 9.80 Å². The number of hydrogen-bond donors (Lipinski definition) is 0. The minimum absolute atomic E-state index is 0.0315. The molecule has 0 aliphatic carbocycles. The van der Waals surface area contributed by atoms with Crippen molar-refractivity contribution < 1.29 is 19.1 Å². The zero-order chi connectivity index (χ0) is 18.5. The zero-order valence-electron chi connectivity index (χ0n) is 14.9. The molecule has 1 aromatic carbocycles. The van der Waals surface area contributed by atoms with Gasteiger partial charge in [0.25, 0.3) is 5.91 Å². The molecule has 0 bridgehead atoms. The van der Waals surface area contributed by atoms with Crippen LogP contribution in [0.5, 0.6) is 11.5 Å². The number of rotatable bonds is 6. The van der Waals surface area contributed by atoms with Crippen LogP contribution in [0, 0.1) is 0 Å². The van der Waals surface area contributed by atoms with E-state index in [9.17, 15) is 9.59 Å². The van der Waals surface area contributed by atoms with Crippen LogP contribution >= 0.6 is 11.3 Å². The summed E-state index contributed by atoms with van der Waals surface area (Å²) in [5.74, 6) is 1.25. The highest BCUT2D eigenvalue weighted by Gasteiger charge is 2.24. The largest absolute Gasteiger partial charge is 0.493 e. The summed E-state index contributed by atoms with van der Waals surface area (Å²) in [6, 6.07) is 8.93. The van der Waals surface area contributed by atoms with Crippen LogP contribution in [0.4, 0.5) is 0 Å². The average Bonchev–Trinajstić information content (AvgIpc) is 3.22. The maximum Gasteiger partial charge on any atom is 0.264 e. The Hall–Kier alpha value is -2.38. The van der Waals surface area contributed by atoms with E-state index in [4.69, 9.17) is 9.47 Å². The molecular formula is C19H22N2O4S. The topological polar surface area (TPSA) is 59.1 Å². The van der Waals surface area contributed by atoms with E-state index >= 15 is 0 Å². The van der Waals surface area contributed by atoms with Crippen molar-refractivity contribution in [3.8, 4) is 11.5 Å². The van der Waals surface area contributed by atoms with E-state index in [0.29, 0.717) is 49.8 Å². The second-order valence-electron chi connectivity index (χ2n) is 6.04. The summed E-state index contributed by atoms with van der Waals surface area (Å²) in [5, 5.41) is 1.91. The van der Waals surface area contributed by atoms with Gasteiger partial charge in [-0.15, -0.1) is 11.3 Å². The van der Waals surface area contributed by atoms with Crippen molar-refractivity contribution in [2.75, 3.05) is 46.9 Å². The van der Waals surface area contributed by atoms with Crippen LogP contribution in [0.2, 0.25) is 0 Å². The van der Waals surface area contributed by atoms with Gasteiger partial charge in [0.1, 0.15) is 0 Å². The second kappa shape index (κ2) is 8.33. The maximum absolute atomic E-state index is 12.6. The van der Waals surface area contributed by atoms with Crippen LogP contribution in [-0.2, 0) is 0 Å². The molecular weight excluding hydrogens is 352 g/mol. The Labute approximate surface area is 156 Å². The lowest BCUT2D eigenvalue weighted by atomic mass is 10.1. The molecule has 3 rings (SSSR count).